The third kappa shape index (κ3) is 3.50. The summed E-state index contributed by atoms with van der Waals surface area (Å²) in [4.78, 5) is 0. The fourth-order valence-corrected chi connectivity index (χ4v) is 4.86. The van der Waals surface area contributed by atoms with Crippen molar-refractivity contribution in [2.75, 3.05) is 5.32 Å². The average Bonchev–Trinajstić information content (AvgIpc) is 3.02. The minimum Gasteiger partial charge on any atom is -0.403 e. The van der Waals surface area contributed by atoms with Crippen molar-refractivity contribution in [3.8, 4) is 0 Å². The van der Waals surface area contributed by atoms with Gasteiger partial charge in [-0.15, -0.1) is 0 Å². The Bertz CT molecular complexity index is 905. The van der Waals surface area contributed by atoms with E-state index in [2.05, 4.69) is 67.1 Å². The van der Waals surface area contributed by atoms with Gasteiger partial charge >= 0.3 is 7.12 Å². The van der Waals surface area contributed by atoms with E-state index in [0.29, 0.717) is 10.0 Å². The fourth-order valence-electron chi connectivity index (χ4n) is 4.00. The molecule has 1 saturated heterocycles. The van der Waals surface area contributed by atoms with Crippen LogP contribution in [0.15, 0.2) is 40.9 Å². The van der Waals surface area contributed by atoms with Gasteiger partial charge < -0.3 is 14.6 Å². The van der Waals surface area contributed by atoms with E-state index in [1.54, 1.807) is 0 Å². The van der Waals surface area contributed by atoms with Crippen LogP contribution in [-0.4, -0.2) is 18.3 Å². The van der Waals surface area contributed by atoms with Gasteiger partial charge in [-0.25, -0.2) is 0 Å². The molecule has 148 valence electrons. The molecule has 7 heteroatoms. The van der Waals surface area contributed by atoms with E-state index in [0.717, 1.165) is 22.0 Å². The summed E-state index contributed by atoms with van der Waals surface area (Å²) in [5.41, 5.74) is 2.63. The standard InChI is InChI=1S/C21H23BBrCl2NO2/c1-20(2)21(3,4)28-22(27-20)11-14-13-9-16(24)17(25)10-18(13)26-19(14)12-7-5-6-8-15(12)23/h5-10,14,19,26H,11H2,1-4H3/t14-,19-/m1/s1. The number of fused-ring (bicyclic) bond motifs is 1. The van der Waals surface area contributed by atoms with Crippen LogP contribution >= 0.6 is 39.1 Å². The van der Waals surface area contributed by atoms with Crippen LogP contribution in [0.5, 0.6) is 0 Å². The lowest BCUT2D eigenvalue weighted by Gasteiger charge is -2.32. The van der Waals surface area contributed by atoms with Gasteiger partial charge in [0.15, 0.2) is 0 Å². The fraction of sp³-hybridized carbons (Fsp3) is 0.429. The van der Waals surface area contributed by atoms with Gasteiger partial charge in [-0.3, -0.25) is 0 Å². The average molecular weight is 483 g/mol. The molecule has 0 bridgehead atoms. The Balaban J connectivity index is 1.71. The second-order valence-electron chi connectivity index (χ2n) is 8.53. The van der Waals surface area contributed by atoms with Crippen molar-refractivity contribution < 1.29 is 9.31 Å². The molecule has 2 aliphatic rings. The topological polar surface area (TPSA) is 30.5 Å². The number of hydrogen-bond acceptors (Lipinski definition) is 3. The van der Waals surface area contributed by atoms with Crippen molar-refractivity contribution in [3.63, 3.8) is 0 Å². The molecule has 28 heavy (non-hydrogen) atoms. The third-order valence-electron chi connectivity index (χ3n) is 6.19. The van der Waals surface area contributed by atoms with Crippen LogP contribution in [0.2, 0.25) is 16.4 Å². The number of rotatable bonds is 3. The van der Waals surface area contributed by atoms with Crippen LogP contribution in [0.1, 0.15) is 50.8 Å². The molecule has 1 fully saturated rings. The summed E-state index contributed by atoms with van der Waals surface area (Å²) in [6.07, 6.45) is 0.719. The van der Waals surface area contributed by atoms with Crippen molar-refractivity contribution in [1.82, 2.24) is 0 Å². The molecular weight excluding hydrogens is 460 g/mol. The molecule has 0 aromatic heterocycles. The summed E-state index contributed by atoms with van der Waals surface area (Å²) in [6, 6.07) is 12.2. The summed E-state index contributed by atoms with van der Waals surface area (Å²) in [5, 5.41) is 4.76. The summed E-state index contributed by atoms with van der Waals surface area (Å²) < 4.78 is 13.6. The van der Waals surface area contributed by atoms with Crippen LogP contribution in [0.25, 0.3) is 0 Å². The molecule has 0 amide bonds. The molecule has 2 heterocycles. The van der Waals surface area contributed by atoms with E-state index < -0.39 is 0 Å². The van der Waals surface area contributed by atoms with E-state index in [-0.39, 0.29) is 30.3 Å². The Kier molecular flexibility index (Phi) is 5.29. The number of hydrogen-bond donors (Lipinski definition) is 1. The summed E-state index contributed by atoms with van der Waals surface area (Å²) >= 11 is 16.3. The molecule has 2 aromatic carbocycles. The van der Waals surface area contributed by atoms with Crippen LogP contribution in [0, 0.1) is 0 Å². The Morgan fingerprint density at radius 2 is 1.61 bits per heavy atom. The molecule has 1 N–H and O–H groups in total. The van der Waals surface area contributed by atoms with E-state index in [1.807, 2.05) is 18.2 Å². The zero-order chi connectivity index (χ0) is 20.3. The molecule has 2 aromatic rings. The largest absolute Gasteiger partial charge is 0.458 e. The predicted octanol–water partition coefficient (Wildman–Crippen LogP) is 7.10. The summed E-state index contributed by atoms with van der Waals surface area (Å²) in [5.74, 6) is 0.137. The molecule has 0 aliphatic carbocycles. The van der Waals surface area contributed by atoms with Gasteiger partial charge in [-0.05, 0) is 63.3 Å². The third-order valence-corrected chi connectivity index (χ3v) is 7.64. The van der Waals surface area contributed by atoms with Gasteiger partial charge in [-0.2, -0.15) is 0 Å². The zero-order valence-corrected chi connectivity index (χ0v) is 19.5. The quantitative estimate of drug-likeness (QED) is 0.473. The zero-order valence-electron chi connectivity index (χ0n) is 16.4. The van der Waals surface area contributed by atoms with Crippen LogP contribution < -0.4 is 5.32 Å². The Morgan fingerprint density at radius 1 is 1.00 bits per heavy atom. The SMILES string of the molecule is CC1(C)OB(C[C@@H]2c3cc(Cl)c(Cl)cc3N[C@@H]2c2ccccc2Br)OC1(C)C. The summed E-state index contributed by atoms with van der Waals surface area (Å²) in [7, 11) is -0.290. The van der Waals surface area contributed by atoms with Crippen molar-refractivity contribution in [2.45, 2.75) is 57.2 Å². The highest BCUT2D eigenvalue weighted by atomic mass is 79.9. The van der Waals surface area contributed by atoms with Gasteiger partial charge in [0.1, 0.15) is 0 Å². The van der Waals surface area contributed by atoms with Crippen molar-refractivity contribution in [2.24, 2.45) is 0 Å². The first kappa shape index (κ1) is 20.6. The van der Waals surface area contributed by atoms with Crippen molar-refractivity contribution in [3.05, 3.63) is 62.0 Å². The van der Waals surface area contributed by atoms with Crippen LogP contribution in [0.4, 0.5) is 5.69 Å². The lowest BCUT2D eigenvalue weighted by molar-refractivity contribution is 0.00578. The lowest BCUT2D eigenvalue weighted by atomic mass is 9.72. The molecule has 0 saturated carbocycles. The van der Waals surface area contributed by atoms with Crippen molar-refractivity contribution >= 4 is 51.9 Å². The molecule has 0 spiro atoms. The maximum Gasteiger partial charge on any atom is 0.458 e. The van der Waals surface area contributed by atoms with Gasteiger partial charge in [0.2, 0.25) is 0 Å². The maximum atomic E-state index is 6.36. The molecular formula is C21H23BBrCl2NO2. The Labute approximate surface area is 185 Å². The second-order valence-corrected chi connectivity index (χ2v) is 10.2. The first-order chi connectivity index (χ1) is 13.1. The van der Waals surface area contributed by atoms with Crippen LogP contribution in [-0.2, 0) is 9.31 Å². The first-order valence-electron chi connectivity index (χ1n) is 9.44. The van der Waals surface area contributed by atoms with E-state index in [9.17, 15) is 0 Å². The predicted molar refractivity (Wildman–Crippen MR) is 121 cm³/mol. The monoisotopic (exact) mass is 481 g/mol. The smallest absolute Gasteiger partial charge is 0.403 e. The molecule has 2 aliphatic heterocycles. The summed E-state index contributed by atoms with van der Waals surface area (Å²) in [6.45, 7) is 8.32. The molecule has 0 unspecified atom stereocenters. The highest BCUT2D eigenvalue weighted by Gasteiger charge is 2.52. The first-order valence-corrected chi connectivity index (χ1v) is 11.0. The van der Waals surface area contributed by atoms with Gasteiger partial charge in [0.25, 0.3) is 0 Å². The van der Waals surface area contributed by atoms with Crippen molar-refractivity contribution in [1.29, 1.82) is 0 Å². The second kappa shape index (κ2) is 7.21. The molecule has 2 atom stereocenters. The molecule has 4 rings (SSSR count). The molecule has 3 nitrogen and oxygen atoms in total. The number of benzene rings is 2. The minimum atomic E-state index is -0.354. The van der Waals surface area contributed by atoms with E-state index in [1.165, 1.54) is 5.56 Å². The lowest BCUT2D eigenvalue weighted by Crippen LogP contribution is -2.41. The minimum absolute atomic E-state index is 0.0686. The van der Waals surface area contributed by atoms with Gasteiger partial charge in [0.05, 0.1) is 27.3 Å². The Morgan fingerprint density at radius 3 is 2.25 bits per heavy atom. The number of halogens is 3. The highest BCUT2D eigenvalue weighted by Crippen LogP contribution is 2.51. The Hall–Kier alpha value is -0.715. The highest BCUT2D eigenvalue weighted by molar-refractivity contribution is 9.10. The maximum absolute atomic E-state index is 6.36. The van der Waals surface area contributed by atoms with E-state index in [4.69, 9.17) is 32.5 Å². The van der Waals surface area contributed by atoms with Gasteiger partial charge in [0, 0.05) is 16.1 Å². The van der Waals surface area contributed by atoms with E-state index >= 15 is 0 Å². The number of anilines is 1. The molecule has 0 radical (unpaired) electrons. The normalized spacial score (nSPS) is 24.9. The van der Waals surface area contributed by atoms with Crippen LogP contribution in [0.3, 0.4) is 0 Å². The van der Waals surface area contributed by atoms with Gasteiger partial charge in [-0.1, -0.05) is 57.3 Å². The number of nitrogens with one attached hydrogen (secondary N) is 1.